The second kappa shape index (κ2) is 11.1. The number of hydrogen-bond acceptors (Lipinski definition) is 4. The number of halogens is 2. The van der Waals surface area contributed by atoms with E-state index in [1.165, 1.54) is 0 Å². The van der Waals surface area contributed by atoms with Crippen molar-refractivity contribution in [3.05, 3.63) is 124 Å². The fourth-order valence-electron chi connectivity index (χ4n) is 4.42. The molecule has 1 aliphatic heterocycles. The summed E-state index contributed by atoms with van der Waals surface area (Å²) >= 11 is 12.8. The molecule has 0 bridgehead atoms. The summed E-state index contributed by atoms with van der Waals surface area (Å²) in [4.78, 5) is 13.8. The smallest absolute Gasteiger partial charge is 0.247 e. The van der Waals surface area contributed by atoms with Crippen LogP contribution in [0.2, 0.25) is 10.0 Å². The number of hydrazone groups is 1. The first kappa shape index (κ1) is 24.9. The molecule has 0 unspecified atom stereocenters. The topological polar surface area (TPSA) is 53.9 Å². The average Bonchev–Trinajstić information content (AvgIpc) is 3.38. The molecule has 5 rings (SSSR count). The van der Waals surface area contributed by atoms with Crippen LogP contribution in [0.15, 0.2) is 102 Å². The fraction of sp³-hybridized carbons (Fsp3) is 0.133. The molecule has 0 saturated heterocycles. The quantitative estimate of drug-likeness (QED) is 0.267. The van der Waals surface area contributed by atoms with Crippen molar-refractivity contribution in [2.24, 2.45) is 5.10 Å². The van der Waals surface area contributed by atoms with E-state index in [9.17, 15) is 4.79 Å². The predicted molar refractivity (Wildman–Crippen MR) is 150 cm³/mol. The summed E-state index contributed by atoms with van der Waals surface area (Å²) in [7, 11) is 1.64. The van der Waals surface area contributed by atoms with E-state index in [1.54, 1.807) is 30.3 Å². The summed E-state index contributed by atoms with van der Waals surface area (Å²) in [5.74, 6) is 0.660. The zero-order valence-electron chi connectivity index (χ0n) is 20.2. The highest BCUT2D eigenvalue weighted by Gasteiger charge is 2.33. The van der Waals surface area contributed by atoms with Gasteiger partial charge in [-0.3, -0.25) is 4.79 Å². The molecule has 4 aromatic rings. The summed E-state index contributed by atoms with van der Waals surface area (Å²) in [6.07, 6.45) is 0.778. The maximum Gasteiger partial charge on any atom is 0.247 e. The van der Waals surface area contributed by atoms with Gasteiger partial charge in [0.15, 0.2) is 0 Å². The van der Waals surface area contributed by atoms with Crippen LogP contribution >= 0.6 is 23.2 Å². The fourth-order valence-corrected chi connectivity index (χ4v) is 4.92. The van der Waals surface area contributed by atoms with E-state index in [0.717, 1.165) is 33.8 Å². The van der Waals surface area contributed by atoms with Crippen LogP contribution in [-0.4, -0.2) is 23.7 Å². The maximum absolute atomic E-state index is 13.8. The largest absolute Gasteiger partial charge is 0.497 e. The number of benzene rings is 4. The summed E-state index contributed by atoms with van der Waals surface area (Å²) < 4.78 is 5.32. The molecule has 0 aliphatic carbocycles. The third-order valence-electron chi connectivity index (χ3n) is 6.35. The molecule has 1 aliphatic rings. The predicted octanol–water partition coefficient (Wildman–Crippen LogP) is 7.67. The maximum atomic E-state index is 13.8. The van der Waals surface area contributed by atoms with Crippen LogP contribution < -0.4 is 10.1 Å². The number of nitrogens with zero attached hydrogens (tertiary/aromatic N) is 2. The number of anilines is 2. The Morgan fingerprint density at radius 1 is 0.919 bits per heavy atom. The van der Waals surface area contributed by atoms with Crippen molar-refractivity contribution in [2.45, 2.75) is 18.9 Å². The minimum atomic E-state index is -0.216. The standard InChI is InChI=1S/C30H25Cl2N3O2/c1-37-23-16-14-21(15-17-23)28-19-27(20-8-3-2-4-9-20)34-35(28)29(36)18-22-10-5-6-13-26(22)33-30-24(31)11-7-12-25(30)32/h2-17,28,33H,18-19H2,1H3/t28-/m0/s1. The average molecular weight is 530 g/mol. The van der Waals surface area contributed by atoms with Gasteiger partial charge in [0.25, 0.3) is 0 Å². The van der Waals surface area contributed by atoms with Gasteiger partial charge in [0.05, 0.1) is 41.0 Å². The van der Waals surface area contributed by atoms with Crippen LogP contribution in [-0.2, 0) is 11.2 Å². The number of hydrogen-bond donors (Lipinski definition) is 1. The molecule has 1 N–H and O–H groups in total. The van der Waals surface area contributed by atoms with Crippen molar-refractivity contribution in [2.75, 3.05) is 12.4 Å². The highest BCUT2D eigenvalue weighted by Crippen LogP contribution is 2.36. The van der Waals surface area contributed by atoms with Gasteiger partial charge in [0.1, 0.15) is 5.75 Å². The summed E-state index contributed by atoms with van der Waals surface area (Å²) in [5, 5.41) is 10.7. The van der Waals surface area contributed by atoms with Gasteiger partial charge in [-0.15, -0.1) is 0 Å². The number of ether oxygens (including phenoxy) is 1. The lowest BCUT2D eigenvalue weighted by Gasteiger charge is -2.23. The summed E-state index contributed by atoms with van der Waals surface area (Å²) in [6, 6.07) is 30.5. The number of para-hydroxylation sites is 2. The lowest BCUT2D eigenvalue weighted by atomic mass is 9.98. The van der Waals surface area contributed by atoms with Gasteiger partial charge in [-0.05, 0) is 47.0 Å². The minimum Gasteiger partial charge on any atom is -0.497 e. The monoisotopic (exact) mass is 529 g/mol. The molecule has 0 spiro atoms. The number of amides is 1. The normalized spacial score (nSPS) is 14.8. The van der Waals surface area contributed by atoms with Gasteiger partial charge in [0.2, 0.25) is 5.91 Å². The number of carbonyl (C=O) groups is 1. The number of methoxy groups -OCH3 is 1. The van der Waals surface area contributed by atoms with Crippen LogP contribution in [0.4, 0.5) is 11.4 Å². The molecule has 1 heterocycles. The van der Waals surface area contributed by atoms with Gasteiger partial charge < -0.3 is 10.1 Å². The van der Waals surface area contributed by atoms with E-state index < -0.39 is 0 Å². The summed E-state index contributed by atoms with van der Waals surface area (Å²) in [5.41, 5.74) is 5.07. The first-order valence-corrected chi connectivity index (χ1v) is 12.7. The minimum absolute atomic E-state index is 0.105. The van der Waals surface area contributed by atoms with Crippen molar-refractivity contribution in [3.63, 3.8) is 0 Å². The second-order valence-corrected chi connectivity index (χ2v) is 9.51. The Hall–Kier alpha value is -3.80. The zero-order chi connectivity index (χ0) is 25.8. The molecule has 1 atom stereocenters. The SMILES string of the molecule is COc1ccc([C@@H]2CC(c3ccccc3)=NN2C(=O)Cc2ccccc2Nc2c(Cl)cccc2Cl)cc1. The molecule has 37 heavy (non-hydrogen) atoms. The van der Waals surface area contributed by atoms with E-state index in [4.69, 9.17) is 33.0 Å². The molecule has 1 amide bonds. The van der Waals surface area contributed by atoms with E-state index >= 15 is 0 Å². The second-order valence-electron chi connectivity index (χ2n) is 8.70. The van der Waals surface area contributed by atoms with Gasteiger partial charge >= 0.3 is 0 Å². The third-order valence-corrected chi connectivity index (χ3v) is 6.98. The van der Waals surface area contributed by atoms with Crippen LogP contribution in [0.3, 0.4) is 0 Å². The first-order valence-electron chi connectivity index (χ1n) is 11.9. The Morgan fingerprint density at radius 2 is 1.59 bits per heavy atom. The van der Waals surface area contributed by atoms with E-state index in [0.29, 0.717) is 22.2 Å². The van der Waals surface area contributed by atoms with Crippen molar-refractivity contribution >= 4 is 46.2 Å². The van der Waals surface area contributed by atoms with Crippen LogP contribution in [0.1, 0.15) is 29.2 Å². The van der Waals surface area contributed by atoms with Crippen LogP contribution in [0.25, 0.3) is 0 Å². The Bertz CT molecular complexity index is 1420. The molecule has 4 aromatic carbocycles. The van der Waals surface area contributed by atoms with Gasteiger partial charge in [-0.1, -0.05) is 89.9 Å². The third kappa shape index (κ3) is 5.48. The number of nitrogens with one attached hydrogen (secondary N) is 1. The molecule has 7 heteroatoms. The molecule has 186 valence electrons. The van der Waals surface area contributed by atoms with Crippen molar-refractivity contribution < 1.29 is 9.53 Å². The molecule has 0 saturated carbocycles. The number of rotatable bonds is 7. The zero-order valence-corrected chi connectivity index (χ0v) is 21.7. The van der Waals surface area contributed by atoms with Crippen LogP contribution in [0, 0.1) is 0 Å². The molecule has 0 radical (unpaired) electrons. The Morgan fingerprint density at radius 3 is 2.30 bits per heavy atom. The first-order chi connectivity index (χ1) is 18.0. The molecule has 5 nitrogen and oxygen atoms in total. The molecular weight excluding hydrogens is 505 g/mol. The summed E-state index contributed by atoms with van der Waals surface area (Å²) in [6.45, 7) is 0. The Labute approximate surface area is 226 Å². The van der Waals surface area contributed by atoms with Crippen molar-refractivity contribution in [3.8, 4) is 5.75 Å². The van der Waals surface area contributed by atoms with Crippen LogP contribution in [0.5, 0.6) is 5.75 Å². The Balaban J connectivity index is 1.45. The molecular formula is C30H25Cl2N3O2. The van der Waals surface area contributed by atoms with Gasteiger partial charge in [-0.25, -0.2) is 5.01 Å². The van der Waals surface area contributed by atoms with E-state index in [1.807, 2.05) is 78.9 Å². The lowest BCUT2D eigenvalue weighted by Crippen LogP contribution is -2.28. The molecule has 0 aromatic heterocycles. The van der Waals surface area contributed by atoms with Crippen molar-refractivity contribution in [1.29, 1.82) is 0 Å². The van der Waals surface area contributed by atoms with Gasteiger partial charge in [-0.2, -0.15) is 5.10 Å². The van der Waals surface area contributed by atoms with Crippen molar-refractivity contribution in [1.82, 2.24) is 5.01 Å². The highest BCUT2D eigenvalue weighted by atomic mass is 35.5. The van der Waals surface area contributed by atoms with E-state index in [2.05, 4.69) is 5.32 Å². The number of carbonyl (C=O) groups excluding carboxylic acids is 1. The van der Waals surface area contributed by atoms with Gasteiger partial charge in [0, 0.05) is 12.1 Å². The highest BCUT2D eigenvalue weighted by molar-refractivity contribution is 6.39. The Kier molecular flexibility index (Phi) is 7.45. The lowest BCUT2D eigenvalue weighted by molar-refractivity contribution is -0.132. The molecule has 0 fully saturated rings. The van der Waals surface area contributed by atoms with E-state index in [-0.39, 0.29) is 18.4 Å².